The van der Waals surface area contributed by atoms with Gasteiger partial charge in [0, 0.05) is 7.05 Å². The molecule has 20 heavy (non-hydrogen) atoms. The zero-order valence-electron chi connectivity index (χ0n) is 12.8. The average Bonchev–Trinajstić information content (AvgIpc) is 2.68. The number of aromatic nitrogens is 3. The molecule has 1 unspecified atom stereocenters. The van der Waals surface area contributed by atoms with Gasteiger partial charge in [-0.25, -0.2) is 9.48 Å². The van der Waals surface area contributed by atoms with Gasteiger partial charge in [-0.2, -0.15) is 5.10 Å². The minimum atomic E-state index is -0.0901. The van der Waals surface area contributed by atoms with Crippen LogP contribution in [0.2, 0.25) is 0 Å². The summed E-state index contributed by atoms with van der Waals surface area (Å²) in [6, 6.07) is 4.42. The van der Waals surface area contributed by atoms with Crippen LogP contribution in [0, 0.1) is 20.8 Å². The van der Waals surface area contributed by atoms with Crippen molar-refractivity contribution in [2.45, 2.75) is 33.4 Å². The van der Waals surface area contributed by atoms with E-state index in [0.717, 1.165) is 0 Å². The van der Waals surface area contributed by atoms with Gasteiger partial charge in [0.05, 0.1) is 12.6 Å². The fourth-order valence-electron chi connectivity index (χ4n) is 2.79. The van der Waals surface area contributed by atoms with E-state index in [-0.39, 0.29) is 11.7 Å². The molecule has 0 aliphatic rings. The number of nitrogens with one attached hydrogen (secondary N) is 1. The summed E-state index contributed by atoms with van der Waals surface area (Å²) in [7, 11) is 3.62. The van der Waals surface area contributed by atoms with Crippen molar-refractivity contribution in [3.63, 3.8) is 0 Å². The summed E-state index contributed by atoms with van der Waals surface area (Å²) in [6.07, 6.45) is 1.55. The number of nitrogens with zero attached hydrogens (tertiary/aromatic N) is 3. The van der Waals surface area contributed by atoms with Crippen molar-refractivity contribution >= 4 is 0 Å². The summed E-state index contributed by atoms with van der Waals surface area (Å²) >= 11 is 0. The Labute approximate surface area is 119 Å². The zero-order chi connectivity index (χ0) is 14.9. The highest BCUT2D eigenvalue weighted by Crippen LogP contribution is 2.24. The van der Waals surface area contributed by atoms with Crippen LogP contribution >= 0.6 is 0 Å². The molecular weight excluding hydrogens is 252 g/mol. The lowest BCUT2D eigenvalue weighted by Crippen LogP contribution is -2.30. The lowest BCUT2D eigenvalue weighted by molar-refractivity contribution is 0.452. The quantitative estimate of drug-likeness (QED) is 0.918. The van der Waals surface area contributed by atoms with Gasteiger partial charge in [0.1, 0.15) is 6.33 Å². The van der Waals surface area contributed by atoms with E-state index in [1.165, 1.54) is 31.5 Å². The molecule has 1 heterocycles. The second kappa shape index (κ2) is 5.63. The van der Waals surface area contributed by atoms with Gasteiger partial charge >= 0.3 is 5.69 Å². The maximum Gasteiger partial charge on any atom is 0.345 e. The van der Waals surface area contributed by atoms with E-state index in [1.54, 1.807) is 13.4 Å². The molecule has 0 saturated carbocycles. The first kappa shape index (κ1) is 14.5. The zero-order valence-corrected chi connectivity index (χ0v) is 12.8. The second-order valence-corrected chi connectivity index (χ2v) is 5.36. The van der Waals surface area contributed by atoms with Crippen molar-refractivity contribution in [3.8, 4) is 0 Å². The molecule has 0 amide bonds. The molecule has 0 aliphatic carbocycles. The van der Waals surface area contributed by atoms with Crippen molar-refractivity contribution in [1.82, 2.24) is 19.7 Å². The SMILES string of the molecule is CNC(Cn1ncn(C)c1=O)c1c(C)cc(C)cc1C. The smallest absolute Gasteiger partial charge is 0.311 e. The Bertz CT molecular complexity index is 646. The minimum Gasteiger partial charge on any atom is -0.311 e. The van der Waals surface area contributed by atoms with Crippen LogP contribution in [0.5, 0.6) is 0 Å². The lowest BCUT2D eigenvalue weighted by atomic mass is 9.94. The number of aryl methyl sites for hydroxylation is 4. The van der Waals surface area contributed by atoms with Crippen LogP contribution in [0.15, 0.2) is 23.3 Å². The van der Waals surface area contributed by atoms with Crippen LogP contribution in [-0.4, -0.2) is 21.4 Å². The molecule has 0 saturated heterocycles. The third kappa shape index (κ3) is 2.67. The first-order valence-electron chi connectivity index (χ1n) is 6.77. The Balaban J connectivity index is 2.39. The summed E-state index contributed by atoms with van der Waals surface area (Å²) in [6.45, 7) is 6.85. The highest BCUT2D eigenvalue weighted by Gasteiger charge is 2.17. The monoisotopic (exact) mass is 274 g/mol. The summed E-state index contributed by atoms with van der Waals surface area (Å²) in [5.41, 5.74) is 4.90. The molecule has 0 bridgehead atoms. The predicted octanol–water partition coefficient (Wildman–Crippen LogP) is 1.47. The van der Waals surface area contributed by atoms with Crippen LogP contribution in [0.1, 0.15) is 28.3 Å². The average molecular weight is 274 g/mol. The number of hydrogen-bond acceptors (Lipinski definition) is 3. The highest BCUT2D eigenvalue weighted by molar-refractivity contribution is 5.39. The molecule has 2 rings (SSSR count). The Morgan fingerprint density at radius 3 is 2.30 bits per heavy atom. The third-order valence-corrected chi connectivity index (χ3v) is 3.68. The largest absolute Gasteiger partial charge is 0.345 e. The first-order valence-corrected chi connectivity index (χ1v) is 6.77. The molecule has 5 nitrogen and oxygen atoms in total. The summed E-state index contributed by atoms with van der Waals surface area (Å²) in [5, 5.41) is 7.43. The van der Waals surface area contributed by atoms with Gasteiger partial charge in [0.25, 0.3) is 0 Å². The molecule has 0 fully saturated rings. The first-order chi connectivity index (χ1) is 9.43. The Morgan fingerprint density at radius 2 is 1.85 bits per heavy atom. The van der Waals surface area contributed by atoms with E-state index in [9.17, 15) is 4.79 Å². The molecule has 0 spiro atoms. The van der Waals surface area contributed by atoms with Gasteiger partial charge in [0.15, 0.2) is 0 Å². The van der Waals surface area contributed by atoms with E-state index in [0.29, 0.717) is 6.54 Å². The van der Waals surface area contributed by atoms with Crippen molar-refractivity contribution < 1.29 is 0 Å². The van der Waals surface area contributed by atoms with Crippen LogP contribution in [-0.2, 0) is 13.6 Å². The van der Waals surface area contributed by atoms with Gasteiger partial charge in [-0.1, -0.05) is 17.7 Å². The van der Waals surface area contributed by atoms with Crippen molar-refractivity contribution in [2.24, 2.45) is 7.05 Å². The van der Waals surface area contributed by atoms with Crippen molar-refractivity contribution in [3.05, 3.63) is 51.2 Å². The molecule has 1 aromatic heterocycles. The molecular formula is C15H22N4O. The van der Waals surface area contributed by atoms with Crippen LogP contribution in [0.3, 0.4) is 0 Å². The molecule has 5 heteroatoms. The molecule has 0 radical (unpaired) electrons. The molecule has 2 aromatic rings. The van der Waals surface area contributed by atoms with Gasteiger partial charge < -0.3 is 5.32 Å². The van der Waals surface area contributed by atoms with Crippen molar-refractivity contribution in [1.29, 1.82) is 0 Å². The number of rotatable bonds is 4. The van der Waals surface area contributed by atoms with E-state index in [1.807, 2.05) is 7.05 Å². The molecule has 1 atom stereocenters. The second-order valence-electron chi connectivity index (χ2n) is 5.36. The molecule has 0 aliphatic heterocycles. The number of likely N-dealkylation sites (N-methyl/N-ethyl adjacent to an activating group) is 1. The highest BCUT2D eigenvalue weighted by atomic mass is 16.2. The van der Waals surface area contributed by atoms with E-state index < -0.39 is 0 Å². The number of hydrogen-bond donors (Lipinski definition) is 1. The van der Waals surface area contributed by atoms with Gasteiger partial charge in [-0.05, 0) is 44.5 Å². The van der Waals surface area contributed by atoms with Gasteiger partial charge in [0.2, 0.25) is 0 Å². The lowest BCUT2D eigenvalue weighted by Gasteiger charge is -2.21. The predicted molar refractivity (Wildman–Crippen MR) is 79.9 cm³/mol. The number of benzene rings is 1. The van der Waals surface area contributed by atoms with Crippen LogP contribution in [0.4, 0.5) is 0 Å². The van der Waals surface area contributed by atoms with E-state index >= 15 is 0 Å². The van der Waals surface area contributed by atoms with E-state index in [2.05, 4.69) is 43.3 Å². The molecule has 1 N–H and O–H groups in total. The molecule has 1 aromatic carbocycles. The maximum absolute atomic E-state index is 11.9. The minimum absolute atomic E-state index is 0.0724. The summed E-state index contributed by atoms with van der Waals surface area (Å²) < 4.78 is 2.99. The standard InChI is InChI=1S/C15H22N4O/c1-10-6-11(2)14(12(3)7-10)13(16-4)8-19-15(20)18(5)9-17-19/h6-7,9,13,16H,8H2,1-5H3. The fourth-order valence-corrected chi connectivity index (χ4v) is 2.79. The Hall–Kier alpha value is -1.88. The Morgan fingerprint density at radius 1 is 1.25 bits per heavy atom. The van der Waals surface area contributed by atoms with E-state index in [4.69, 9.17) is 0 Å². The van der Waals surface area contributed by atoms with Gasteiger partial charge in [-0.3, -0.25) is 4.57 Å². The molecule has 108 valence electrons. The van der Waals surface area contributed by atoms with Crippen LogP contribution < -0.4 is 11.0 Å². The topological polar surface area (TPSA) is 51.9 Å². The third-order valence-electron chi connectivity index (χ3n) is 3.68. The van der Waals surface area contributed by atoms with Crippen molar-refractivity contribution in [2.75, 3.05) is 7.05 Å². The maximum atomic E-state index is 11.9. The summed E-state index contributed by atoms with van der Waals surface area (Å²) in [5.74, 6) is 0. The van der Waals surface area contributed by atoms with Gasteiger partial charge in [-0.15, -0.1) is 0 Å². The fraction of sp³-hybridized carbons (Fsp3) is 0.467. The Kier molecular flexibility index (Phi) is 4.09. The van der Waals surface area contributed by atoms with Crippen LogP contribution in [0.25, 0.3) is 0 Å². The normalized spacial score (nSPS) is 12.7. The summed E-state index contributed by atoms with van der Waals surface area (Å²) in [4.78, 5) is 11.9.